The van der Waals surface area contributed by atoms with E-state index in [4.69, 9.17) is 11.6 Å². The minimum atomic E-state index is -0.447. The summed E-state index contributed by atoms with van der Waals surface area (Å²) in [5.41, 5.74) is 0.888. The number of hydrogen-bond donors (Lipinski definition) is 0. The van der Waals surface area contributed by atoms with Gasteiger partial charge in [-0.1, -0.05) is 35.9 Å². The number of nitrogens with zero attached hydrogens (tertiary/aromatic N) is 2. The van der Waals surface area contributed by atoms with Crippen LogP contribution in [0.3, 0.4) is 0 Å². The summed E-state index contributed by atoms with van der Waals surface area (Å²) in [5, 5.41) is 0.634. The number of hydrogen-bond acceptors (Lipinski definition) is 2. The first-order valence-electron chi connectivity index (χ1n) is 7.47. The zero-order valence-corrected chi connectivity index (χ0v) is 13.6. The van der Waals surface area contributed by atoms with Gasteiger partial charge in [-0.3, -0.25) is 9.59 Å². The first-order chi connectivity index (χ1) is 10.5. The van der Waals surface area contributed by atoms with E-state index in [0.717, 1.165) is 12.0 Å². The van der Waals surface area contributed by atoms with Crippen molar-refractivity contribution in [1.29, 1.82) is 0 Å². The number of rotatable bonds is 6. The van der Waals surface area contributed by atoms with E-state index in [2.05, 4.69) is 6.58 Å². The molecule has 0 spiro atoms. The van der Waals surface area contributed by atoms with Crippen molar-refractivity contribution in [2.24, 2.45) is 0 Å². The Labute approximate surface area is 136 Å². The Bertz CT molecular complexity index is 574. The lowest BCUT2D eigenvalue weighted by Crippen LogP contribution is -2.47. The fourth-order valence-corrected chi connectivity index (χ4v) is 2.89. The van der Waals surface area contributed by atoms with Gasteiger partial charge in [-0.2, -0.15) is 0 Å². The quantitative estimate of drug-likeness (QED) is 0.756. The molecule has 5 heteroatoms. The maximum atomic E-state index is 12.7. The summed E-state index contributed by atoms with van der Waals surface area (Å²) in [6, 6.07) is 7.01. The van der Waals surface area contributed by atoms with E-state index < -0.39 is 6.04 Å². The first kappa shape index (κ1) is 16.6. The second-order valence-corrected chi connectivity index (χ2v) is 5.87. The standard InChI is InChI=1S/C17H21ClN2O2/c1-3-10-19(12-14-7-4-5-8-15(14)18)17(22)13(2)20-11-6-9-16(20)21/h3-5,7-8,13H,1,6,9-12H2,2H3. The van der Waals surface area contributed by atoms with Gasteiger partial charge in [0.1, 0.15) is 6.04 Å². The smallest absolute Gasteiger partial charge is 0.245 e. The normalized spacial score (nSPS) is 15.7. The highest BCUT2D eigenvalue weighted by Gasteiger charge is 2.31. The van der Waals surface area contributed by atoms with Crippen molar-refractivity contribution in [3.63, 3.8) is 0 Å². The van der Waals surface area contributed by atoms with Crippen LogP contribution in [0.25, 0.3) is 0 Å². The Morgan fingerprint density at radius 2 is 2.23 bits per heavy atom. The molecule has 0 bridgehead atoms. The van der Waals surface area contributed by atoms with Gasteiger partial charge in [0, 0.05) is 31.1 Å². The Morgan fingerprint density at radius 3 is 2.82 bits per heavy atom. The molecular weight excluding hydrogens is 300 g/mol. The minimum Gasteiger partial charge on any atom is -0.333 e. The third kappa shape index (κ3) is 3.69. The molecule has 0 radical (unpaired) electrons. The van der Waals surface area contributed by atoms with Crippen molar-refractivity contribution in [2.45, 2.75) is 32.4 Å². The van der Waals surface area contributed by atoms with E-state index in [1.54, 1.807) is 28.9 Å². The molecular formula is C17H21ClN2O2. The van der Waals surface area contributed by atoms with Gasteiger partial charge in [0.05, 0.1) is 0 Å². The van der Waals surface area contributed by atoms with Gasteiger partial charge >= 0.3 is 0 Å². The SMILES string of the molecule is C=CCN(Cc1ccccc1Cl)C(=O)C(C)N1CCCC1=O. The maximum Gasteiger partial charge on any atom is 0.245 e. The molecule has 4 nitrogen and oxygen atoms in total. The van der Waals surface area contributed by atoms with E-state index in [1.165, 1.54) is 0 Å². The Morgan fingerprint density at radius 1 is 1.50 bits per heavy atom. The van der Waals surface area contributed by atoms with Crippen molar-refractivity contribution < 1.29 is 9.59 Å². The molecule has 1 atom stereocenters. The molecule has 2 rings (SSSR count). The van der Waals surface area contributed by atoms with Gasteiger partial charge in [0.25, 0.3) is 0 Å². The van der Waals surface area contributed by atoms with Crippen molar-refractivity contribution in [3.8, 4) is 0 Å². The zero-order chi connectivity index (χ0) is 16.1. The third-order valence-corrected chi connectivity index (χ3v) is 4.28. The summed E-state index contributed by atoms with van der Waals surface area (Å²) < 4.78 is 0. The largest absolute Gasteiger partial charge is 0.333 e. The van der Waals surface area contributed by atoms with Crippen LogP contribution < -0.4 is 0 Å². The highest BCUT2D eigenvalue weighted by molar-refractivity contribution is 6.31. The molecule has 0 saturated carbocycles. The second kappa shape index (κ2) is 7.45. The molecule has 1 unspecified atom stereocenters. The van der Waals surface area contributed by atoms with Crippen molar-refractivity contribution in [1.82, 2.24) is 9.80 Å². The lowest BCUT2D eigenvalue weighted by molar-refractivity contribution is -0.142. The Hall–Kier alpha value is -1.81. The summed E-state index contributed by atoms with van der Waals surface area (Å²) in [5.74, 6) is -0.0211. The molecule has 0 aromatic heterocycles. The molecule has 118 valence electrons. The summed E-state index contributed by atoms with van der Waals surface area (Å²) >= 11 is 6.17. The topological polar surface area (TPSA) is 40.6 Å². The summed E-state index contributed by atoms with van der Waals surface area (Å²) in [7, 11) is 0. The summed E-state index contributed by atoms with van der Waals surface area (Å²) in [6.07, 6.45) is 3.04. The minimum absolute atomic E-state index is 0.0529. The fourth-order valence-electron chi connectivity index (χ4n) is 2.70. The molecule has 0 N–H and O–H groups in total. The van der Waals surface area contributed by atoms with Crippen LogP contribution in [-0.4, -0.2) is 40.7 Å². The van der Waals surface area contributed by atoms with Crippen LogP contribution in [0, 0.1) is 0 Å². The molecule has 1 saturated heterocycles. The average molecular weight is 321 g/mol. The average Bonchev–Trinajstić information content (AvgIpc) is 2.93. The first-order valence-corrected chi connectivity index (χ1v) is 7.85. The number of benzene rings is 1. The van der Waals surface area contributed by atoms with Gasteiger partial charge in [-0.15, -0.1) is 6.58 Å². The van der Waals surface area contributed by atoms with E-state index >= 15 is 0 Å². The molecule has 1 aliphatic rings. The van der Waals surface area contributed by atoms with E-state index in [-0.39, 0.29) is 11.8 Å². The molecule has 1 aliphatic heterocycles. The fraction of sp³-hybridized carbons (Fsp3) is 0.412. The molecule has 22 heavy (non-hydrogen) atoms. The van der Waals surface area contributed by atoms with Crippen LogP contribution in [0.1, 0.15) is 25.3 Å². The van der Waals surface area contributed by atoms with Crippen LogP contribution in [0.4, 0.5) is 0 Å². The maximum absolute atomic E-state index is 12.7. The predicted molar refractivity (Wildman–Crippen MR) is 87.5 cm³/mol. The molecule has 1 aromatic rings. The highest BCUT2D eigenvalue weighted by atomic mass is 35.5. The molecule has 1 heterocycles. The van der Waals surface area contributed by atoms with Gasteiger partial charge < -0.3 is 9.80 Å². The number of carbonyl (C=O) groups is 2. The number of halogens is 1. The van der Waals surface area contributed by atoms with Crippen molar-refractivity contribution in [3.05, 3.63) is 47.5 Å². The molecule has 1 fully saturated rings. The Kier molecular flexibility index (Phi) is 5.61. The summed E-state index contributed by atoms with van der Waals surface area (Å²) in [4.78, 5) is 27.9. The van der Waals surface area contributed by atoms with Crippen LogP contribution in [0.2, 0.25) is 5.02 Å². The van der Waals surface area contributed by atoms with Crippen LogP contribution in [0.5, 0.6) is 0 Å². The van der Waals surface area contributed by atoms with Crippen LogP contribution >= 0.6 is 11.6 Å². The number of carbonyl (C=O) groups excluding carboxylic acids is 2. The van der Waals surface area contributed by atoms with Gasteiger partial charge in [-0.25, -0.2) is 0 Å². The van der Waals surface area contributed by atoms with Gasteiger partial charge in [0.15, 0.2) is 0 Å². The number of amides is 2. The lowest BCUT2D eigenvalue weighted by atomic mass is 10.1. The van der Waals surface area contributed by atoms with Gasteiger partial charge in [0.2, 0.25) is 11.8 Å². The van der Waals surface area contributed by atoms with Crippen LogP contribution in [0.15, 0.2) is 36.9 Å². The monoisotopic (exact) mass is 320 g/mol. The number of likely N-dealkylation sites (tertiary alicyclic amines) is 1. The zero-order valence-electron chi connectivity index (χ0n) is 12.8. The van der Waals surface area contributed by atoms with Crippen LogP contribution in [-0.2, 0) is 16.1 Å². The lowest BCUT2D eigenvalue weighted by Gasteiger charge is -2.30. The predicted octanol–water partition coefficient (Wildman–Crippen LogP) is 2.87. The van der Waals surface area contributed by atoms with Crippen molar-refractivity contribution >= 4 is 23.4 Å². The third-order valence-electron chi connectivity index (χ3n) is 3.92. The second-order valence-electron chi connectivity index (χ2n) is 5.47. The van der Waals surface area contributed by atoms with Gasteiger partial charge in [-0.05, 0) is 25.0 Å². The molecule has 2 amide bonds. The molecule has 1 aromatic carbocycles. The Balaban J connectivity index is 2.13. The van der Waals surface area contributed by atoms with E-state index in [0.29, 0.717) is 31.1 Å². The van der Waals surface area contributed by atoms with E-state index in [1.807, 2.05) is 18.2 Å². The van der Waals surface area contributed by atoms with E-state index in [9.17, 15) is 9.59 Å². The summed E-state index contributed by atoms with van der Waals surface area (Å²) in [6.45, 7) is 6.99. The highest BCUT2D eigenvalue weighted by Crippen LogP contribution is 2.20. The molecule has 0 aliphatic carbocycles. The van der Waals surface area contributed by atoms with Crippen molar-refractivity contribution in [2.75, 3.05) is 13.1 Å².